The molecule has 0 aromatic heterocycles. The van der Waals surface area contributed by atoms with Crippen molar-refractivity contribution in [1.29, 1.82) is 0 Å². The molecule has 0 fully saturated rings. The minimum atomic E-state index is -0.108. The van der Waals surface area contributed by atoms with Crippen LogP contribution in [0.3, 0.4) is 0 Å². The first-order valence-electron chi connectivity index (χ1n) is 4.80. The SMILES string of the molecule is CC(=O)CC(=O)c1ccccc1.CCO. The fraction of sp³-hybridized carbons (Fsp3) is 0.333. The average Bonchev–Trinajstić information content (AvgIpc) is 2.19. The molecule has 0 aliphatic carbocycles. The summed E-state index contributed by atoms with van der Waals surface area (Å²) in [6, 6.07) is 8.84. The minimum absolute atomic E-state index is 0.00398. The van der Waals surface area contributed by atoms with Gasteiger partial charge in [0, 0.05) is 12.2 Å². The first-order chi connectivity index (χ1) is 7.11. The van der Waals surface area contributed by atoms with Crippen LogP contribution in [0.1, 0.15) is 30.6 Å². The van der Waals surface area contributed by atoms with Gasteiger partial charge < -0.3 is 5.11 Å². The molecule has 1 rings (SSSR count). The predicted octanol–water partition coefficient (Wildman–Crippen LogP) is 1.85. The third-order valence-electron chi connectivity index (χ3n) is 1.51. The number of hydrogen-bond acceptors (Lipinski definition) is 3. The number of carbonyl (C=O) groups excluding carboxylic acids is 2. The second-order valence-electron chi connectivity index (χ2n) is 2.98. The van der Waals surface area contributed by atoms with Crippen molar-refractivity contribution in [3.8, 4) is 0 Å². The van der Waals surface area contributed by atoms with Crippen molar-refractivity contribution in [3.63, 3.8) is 0 Å². The highest BCUT2D eigenvalue weighted by Crippen LogP contribution is 2.02. The maximum atomic E-state index is 11.2. The lowest BCUT2D eigenvalue weighted by molar-refractivity contribution is -0.116. The van der Waals surface area contributed by atoms with Crippen LogP contribution in [0.5, 0.6) is 0 Å². The number of hydrogen-bond donors (Lipinski definition) is 1. The van der Waals surface area contributed by atoms with Gasteiger partial charge in [-0.3, -0.25) is 9.59 Å². The van der Waals surface area contributed by atoms with Gasteiger partial charge >= 0.3 is 0 Å². The molecular weight excluding hydrogens is 192 g/mol. The smallest absolute Gasteiger partial charge is 0.170 e. The Balaban J connectivity index is 0.000000583. The number of carbonyl (C=O) groups is 2. The van der Waals surface area contributed by atoms with Gasteiger partial charge in [-0.05, 0) is 13.8 Å². The van der Waals surface area contributed by atoms with Crippen LogP contribution in [0.2, 0.25) is 0 Å². The third-order valence-corrected chi connectivity index (χ3v) is 1.51. The van der Waals surface area contributed by atoms with Gasteiger partial charge in [-0.1, -0.05) is 30.3 Å². The van der Waals surface area contributed by atoms with Crippen LogP contribution in [0, 0.1) is 0 Å². The van der Waals surface area contributed by atoms with Crippen LogP contribution in [0.25, 0.3) is 0 Å². The Labute approximate surface area is 89.7 Å². The summed E-state index contributed by atoms with van der Waals surface area (Å²) in [6.07, 6.45) is 0.00398. The molecule has 0 heterocycles. The van der Waals surface area contributed by atoms with E-state index in [2.05, 4.69) is 0 Å². The Hall–Kier alpha value is -1.48. The fourth-order valence-corrected chi connectivity index (χ4v) is 0.952. The van der Waals surface area contributed by atoms with Gasteiger partial charge in [0.1, 0.15) is 5.78 Å². The van der Waals surface area contributed by atoms with Crippen molar-refractivity contribution < 1.29 is 14.7 Å². The van der Waals surface area contributed by atoms with E-state index in [0.717, 1.165) is 0 Å². The maximum absolute atomic E-state index is 11.2. The van der Waals surface area contributed by atoms with E-state index in [-0.39, 0.29) is 24.6 Å². The normalized spacial score (nSPS) is 8.73. The van der Waals surface area contributed by atoms with E-state index >= 15 is 0 Å². The molecule has 1 aromatic carbocycles. The molecule has 82 valence electrons. The van der Waals surface area contributed by atoms with Gasteiger partial charge in [-0.2, -0.15) is 0 Å². The Morgan fingerprint density at radius 2 is 1.67 bits per heavy atom. The van der Waals surface area contributed by atoms with Gasteiger partial charge in [0.25, 0.3) is 0 Å². The van der Waals surface area contributed by atoms with Crippen molar-refractivity contribution in [1.82, 2.24) is 0 Å². The van der Waals surface area contributed by atoms with Crippen molar-refractivity contribution in [2.75, 3.05) is 6.61 Å². The lowest BCUT2D eigenvalue weighted by Gasteiger charge is -1.95. The predicted molar refractivity (Wildman–Crippen MR) is 58.8 cm³/mol. The summed E-state index contributed by atoms with van der Waals surface area (Å²) in [7, 11) is 0. The number of rotatable bonds is 3. The van der Waals surface area contributed by atoms with Crippen LogP contribution in [-0.4, -0.2) is 23.3 Å². The number of Topliss-reactive ketones (excluding diaryl/α,β-unsaturated/α-hetero) is 2. The van der Waals surface area contributed by atoms with Gasteiger partial charge in [0.2, 0.25) is 0 Å². The molecule has 0 bridgehead atoms. The molecule has 15 heavy (non-hydrogen) atoms. The number of benzene rings is 1. The average molecular weight is 208 g/mol. The minimum Gasteiger partial charge on any atom is -0.397 e. The van der Waals surface area contributed by atoms with E-state index < -0.39 is 0 Å². The van der Waals surface area contributed by atoms with Gasteiger partial charge in [0.15, 0.2) is 5.78 Å². The molecule has 3 heteroatoms. The molecule has 0 aliphatic rings. The van der Waals surface area contributed by atoms with E-state index in [4.69, 9.17) is 5.11 Å². The zero-order valence-electron chi connectivity index (χ0n) is 9.06. The number of aliphatic hydroxyl groups excluding tert-OH is 1. The first kappa shape index (κ1) is 13.5. The lowest BCUT2D eigenvalue weighted by Crippen LogP contribution is -2.04. The monoisotopic (exact) mass is 208 g/mol. The molecule has 0 radical (unpaired) electrons. The van der Waals surface area contributed by atoms with Crippen LogP contribution in [0.15, 0.2) is 30.3 Å². The van der Waals surface area contributed by atoms with Crippen molar-refractivity contribution in [3.05, 3.63) is 35.9 Å². The highest BCUT2D eigenvalue weighted by atomic mass is 16.2. The highest BCUT2D eigenvalue weighted by Gasteiger charge is 2.06. The van der Waals surface area contributed by atoms with E-state index in [1.807, 2.05) is 6.07 Å². The molecule has 0 unspecified atom stereocenters. The molecule has 0 saturated carbocycles. The summed E-state index contributed by atoms with van der Waals surface area (Å²) < 4.78 is 0. The van der Waals surface area contributed by atoms with Crippen LogP contribution < -0.4 is 0 Å². The fourth-order valence-electron chi connectivity index (χ4n) is 0.952. The van der Waals surface area contributed by atoms with Crippen LogP contribution in [0.4, 0.5) is 0 Å². The van der Waals surface area contributed by atoms with Crippen LogP contribution in [-0.2, 0) is 4.79 Å². The van der Waals surface area contributed by atoms with Crippen molar-refractivity contribution in [2.45, 2.75) is 20.3 Å². The first-order valence-corrected chi connectivity index (χ1v) is 4.80. The van der Waals surface area contributed by atoms with Gasteiger partial charge in [0.05, 0.1) is 6.42 Å². The highest BCUT2D eigenvalue weighted by molar-refractivity contribution is 6.07. The molecule has 3 nitrogen and oxygen atoms in total. The zero-order chi connectivity index (χ0) is 11.7. The Bertz CT molecular complexity index is 304. The van der Waals surface area contributed by atoms with E-state index in [9.17, 15) is 9.59 Å². The quantitative estimate of drug-likeness (QED) is 0.609. The summed E-state index contributed by atoms with van der Waals surface area (Å²) in [4.78, 5) is 21.8. The molecule has 1 N–H and O–H groups in total. The molecule has 0 saturated heterocycles. The maximum Gasteiger partial charge on any atom is 0.170 e. The molecule has 0 spiro atoms. The number of ketones is 2. The van der Waals surface area contributed by atoms with Crippen molar-refractivity contribution >= 4 is 11.6 Å². The Morgan fingerprint density at radius 1 is 1.20 bits per heavy atom. The molecule has 0 atom stereocenters. The second kappa shape index (κ2) is 7.88. The van der Waals surface area contributed by atoms with E-state index in [1.54, 1.807) is 31.2 Å². The molecular formula is C12H16O3. The van der Waals surface area contributed by atoms with Crippen molar-refractivity contribution in [2.24, 2.45) is 0 Å². The summed E-state index contributed by atoms with van der Waals surface area (Å²) >= 11 is 0. The summed E-state index contributed by atoms with van der Waals surface area (Å²) in [6.45, 7) is 3.35. The third kappa shape index (κ3) is 6.57. The molecule has 0 amide bonds. The summed E-state index contributed by atoms with van der Waals surface area (Å²) in [5, 5.41) is 7.57. The largest absolute Gasteiger partial charge is 0.397 e. The standard InChI is InChI=1S/C10H10O2.C2H6O/c1-8(11)7-10(12)9-5-3-2-4-6-9;1-2-3/h2-6H,7H2,1H3;3H,2H2,1H3. The molecule has 1 aromatic rings. The second-order valence-corrected chi connectivity index (χ2v) is 2.98. The zero-order valence-corrected chi connectivity index (χ0v) is 9.06. The van der Waals surface area contributed by atoms with Crippen LogP contribution >= 0.6 is 0 Å². The van der Waals surface area contributed by atoms with E-state index in [1.165, 1.54) is 6.92 Å². The lowest BCUT2D eigenvalue weighted by atomic mass is 10.1. The Morgan fingerprint density at radius 3 is 2.07 bits per heavy atom. The summed E-state index contributed by atoms with van der Waals surface area (Å²) in [5.74, 6) is -0.202. The van der Waals surface area contributed by atoms with Gasteiger partial charge in [-0.25, -0.2) is 0 Å². The molecule has 0 aliphatic heterocycles. The van der Waals surface area contributed by atoms with E-state index in [0.29, 0.717) is 5.56 Å². The summed E-state index contributed by atoms with van der Waals surface area (Å²) in [5.41, 5.74) is 0.604. The van der Waals surface area contributed by atoms with Gasteiger partial charge in [-0.15, -0.1) is 0 Å². The Kier molecular flexibility index (Phi) is 7.10. The number of aliphatic hydroxyl groups is 1. The topological polar surface area (TPSA) is 54.4 Å².